The van der Waals surface area contributed by atoms with Crippen LogP contribution in [0.4, 0.5) is 8.78 Å². The first-order valence-electron chi connectivity index (χ1n) is 5.45. The van der Waals surface area contributed by atoms with E-state index in [-0.39, 0.29) is 24.0 Å². The number of hydrogen-bond acceptors (Lipinski definition) is 1. The molecular weight excluding hydrogens is 210 g/mol. The van der Waals surface area contributed by atoms with Crippen molar-refractivity contribution in [1.29, 1.82) is 0 Å². The lowest BCUT2D eigenvalue weighted by Crippen LogP contribution is -2.13. The SMILES string of the molecule is CC(C)C(CO)c1cccc(C(C)(F)F)c1. The van der Waals surface area contributed by atoms with Crippen molar-refractivity contribution in [2.75, 3.05) is 6.61 Å². The van der Waals surface area contributed by atoms with Crippen molar-refractivity contribution in [3.05, 3.63) is 35.4 Å². The molecule has 1 atom stereocenters. The van der Waals surface area contributed by atoms with Gasteiger partial charge in [-0.1, -0.05) is 32.0 Å². The Kier molecular flexibility index (Phi) is 4.03. The summed E-state index contributed by atoms with van der Waals surface area (Å²) in [4.78, 5) is 0. The molecule has 0 aliphatic rings. The van der Waals surface area contributed by atoms with Gasteiger partial charge in [-0.25, -0.2) is 8.78 Å². The molecule has 1 rings (SSSR count). The predicted octanol–water partition coefficient (Wildman–Crippen LogP) is 3.53. The molecule has 90 valence electrons. The number of aliphatic hydroxyl groups is 1. The highest BCUT2D eigenvalue weighted by Crippen LogP contribution is 2.31. The maximum absolute atomic E-state index is 13.1. The van der Waals surface area contributed by atoms with Crippen LogP contribution in [0.2, 0.25) is 0 Å². The standard InChI is InChI=1S/C13H18F2O/c1-9(2)12(8-16)10-5-4-6-11(7-10)13(3,14)15/h4-7,9,12,16H,8H2,1-3H3. The van der Waals surface area contributed by atoms with Crippen molar-refractivity contribution in [3.8, 4) is 0 Å². The Morgan fingerprint density at radius 1 is 1.31 bits per heavy atom. The average Bonchev–Trinajstić information content (AvgIpc) is 2.17. The van der Waals surface area contributed by atoms with Crippen LogP contribution in [-0.2, 0) is 5.92 Å². The Bertz CT molecular complexity index is 342. The van der Waals surface area contributed by atoms with Gasteiger partial charge in [0.1, 0.15) is 0 Å². The minimum atomic E-state index is -2.83. The molecule has 1 aromatic rings. The first kappa shape index (κ1) is 13.1. The van der Waals surface area contributed by atoms with E-state index in [2.05, 4.69) is 0 Å². The number of halogens is 2. The highest BCUT2D eigenvalue weighted by atomic mass is 19.3. The monoisotopic (exact) mass is 228 g/mol. The smallest absolute Gasteiger partial charge is 0.270 e. The van der Waals surface area contributed by atoms with E-state index in [1.165, 1.54) is 12.1 Å². The molecule has 1 nitrogen and oxygen atoms in total. The fourth-order valence-corrected chi connectivity index (χ4v) is 1.74. The second kappa shape index (κ2) is 4.91. The van der Waals surface area contributed by atoms with E-state index in [1.54, 1.807) is 12.1 Å². The van der Waals surface area contributed by atoms with E-state index < -0.39 is 5.92 Å². The van der Waals surface area contributed by atoms with Gasteiger partial charge in [0.05, 0.1) is 6.61 Å². The lowest BCUT2D eigenvalue weighted by Gasteiger charge is -2.20. The molecule has 0 aliphatic carbocycles. The molecule has 0 aromatic heterocycles. The molecule has 0 fully saturated rings. The summed E-state index contributed by atoms with van der Waals surface area (Å²) >= 11 is 0. The van der Waals surface area contributed by atoms with Crippen molar-refractivity contribution in [2.45, 2.75) is 32.6 Å². The third kappa shape index (κ3) is 3.01. The zero-order valence-electron chi connectivity index (χ0n) is 9.87. The molecule has 1 aromatic carbocycles. The Hall–Kier alpha value is -0.960. The fraction of sp³-hybridized carbons (Fsp3) is 0.538. The predicted molar refractivity (Wildman–Crippen MR) is 60.7 cm³/mol. The molecule has 0 aliphatic heterocycles. The van der Waals surface area contributed by atoms with Crippen molar-refractivity contribution >= 4 is 0 Å². The van der Waals surface area contributed by atoms with E-state index in [4.69, 9.17) is 0 Å². The third-order valence-electron chi connectivity index (χ3n) is 2.82. The highest BCUT2D eigenvalue weighted by Gasteiger charge is 2.25. The quantitative estimate of drug-likeness (QED) is 0.835. The second-order valence-electron chi connectivity index (χ2n) is 4.55. The Balaban J connectivity index is 3.07. The number of aliphatic hydroxyl groups excluding tert-OH is 1. The van der Waals surface area contributed by atoms with Gasteiger partial charge in [-0.2, -0.15) is 0 Å². The van der Waals surface area contributed by atoms with Gasteiger partial charge in [-0.15, -0.1) is 0 Å². The lowest BCUT2D eigenvalue weighted by molar-refractivity contribution is 0.0173. The Morgan fingerprint density at radius 2 is 1.94 bits per heavy atom. The van der Waals surface area contributed by atoms with Crippen molar-refractivity contribution in [2.24, 2.45) is 5.92 Å². The summed E-state index contributed by atoms with van der Waals surface area (Å²) in [6, 6.07) is 6.31. The van der Waals surface area contributed by atoms with Crippen LogP contribution in [0.1, 0.15) is 37.8 Å². The van der Waals surface area contributed by atoms with Gasteiger partial charge < -0.3 is 5.11 Å². The van der Waals surface area contributed by atoms with Crippen LogP contribution in [0.3, 0.4) is 0 Å². The summed E-state index contributed by atoms with van der Waals surface area (Å²) < 4.78 is 26.3. The molecule has 1 unspecified atom stereocenters. The van der Waals surface area contributed by atoms with Crippen LogP contribution in [0, 0.1) is 5.92 Å². The fourth-order valence-electron chi connectivity index (χ4n) is 1.74. The Labute approximate surface area is 95.1 Å². The second-order valence-corrected chi connectivity index (χ2v) is 4.55. The third-order valence-corrected chi connectivity index (χ3v) is 2.82. The Morgan fingerprint density at radius 3 is 2.38 bits per heavy atom. The summed E-state index contributed by atoms with van der Waals surface area (Å²) in [6.45, 7) is 4.81. The van der Waals surface area contributed by atoms with Crippen molar-refractivity contribution in [1.82, 2.24) is 0 Å². The van der Waals surface area contributed by atoms with Gasteiger partial charge >= 0.3 is 0 Å². The first-order chi connectivity index (χ1) is 7.36. The van der Waals surface area contributed by atoms with Gasteiger partial charge in [0, 0.05) is 18.4 Å². The largest absolute Gasteiger partial charge is 0.396 e. The summed E-state index contributed by atoms with van der Waals surface area (Å²) in [6.07, 6.45) is 0. The maximum Gasteiger partial charge on any atom is 0.270 e. The van der Waals surface area contributed by atoms with Gasteiger partial charge in [-0.05, 0) is 17.5 Å². The minimum Gasteiger partial charge on any atom is -0.396 e. The van der Waals surface area contributed by atoms with E-state index in [0.717, 1.165) is 12.5 Å². The molecular formula is C13H18F2O. The number of rotatable bonds is 4. The van der Waals surface area contributed by atoms with Crippen LogP contribution in [0.25, 0.3) is 0 Å². The average molecular weight is 228 g/mol. The van der Waals surface area contributed by atoms with E-state index in [1.807, 2.05) is 13.8 Å². The summed E-state index contributed by atoms with van der Waals surface area (Å²) in [5, 5.41) is 9.26. The lowest BCUT2D eigenvalue weighted by atomic mass is 9.88. The van der Waals surface area contributed by atoms with Gasteiger partial charge in [-0.3, -0.25) is 0 Å². The van der Waals surface area contributed by atoms with Crippen LogP contribution < -0.4 is 0 Å². The number of hydrogen-bond donors (Lipinski definition) is 1. The summed E-state index contributed by atoms with van der Waals surface area (Å²) in [5.41, 5.74) is 0.778. The van der Waals surface area contributed by atoms with E-state index in [9.17, 15) is 13.9 Å². The van der Waals surface area contributed by atoms with Crippen LogP contribution in [0.15, 0.2) is 24.3 Å². The van der Waals surface area contributed by atoms with Crippen LogP contribution >= 0.6 is 0 Å². The number of benzene rings is 1. The van der Waals surface area contributed by atoms with E-state index in [0.29, 0.717) is 0 Å². The first-order valence-corrected chi connectivity index (χ1v) is 5.45. The molecule has 16 heavy (non-hydrogen) atoms. The van der Waals surface area contributed by atoms with Crippen LogP contribution in [-0.4, -0.2) is 11.7 Å². The maximum atomic E-state index is 13.1. The molecule has 0 amide bonds. The normalized spacial score (nSPS) is 14.2. The minimum absolute atomic E-state index is 0.00380. The molecule has 1 N–H and O–H groups in total. The molecule has 0 radical (unpaired) electrons. The van der Waals surface area contributed by atoms with Crippen LogP contribution in [0.5, 0.6) is 0 Å². The van der Waals surface area contributed by atoms with Gasteiger partial charge in [0.2, 0.25) is 0 Å². The van der Waals surface area contributed by atoms with Gasteiger partial charge in [0.15, 0.2) is 0 Å². The van der Waals surface area contributed by atoms with Crippen molar-refractivity contribution < 1.29 is 13.9 Å². The molecule has 0 bridgehead atoms. The summed E-state index contributed by atoms with van der Waals surface area (Å²) in [5.74, 6) is -2.68. The highest BCUT2D eigenvalue weighted by molar-refractivity contribution is 5.29. The topological polar surface area (TPSA) is 20.2 Å². The molecule has 0 saturated carbocycles. The molecule has 0 saturated heterocycles. The van der Waals surface area contributed by atoms with E-state index >= 15 is 0 Å². The number of alkyl halides is 2. The van der Waals surface area contributed by atoms with Crippen molar-refractivity contribution in [3.63, 3.8) is 0 Å². The molecule has 3 heteroatoms. The summed E-state index contributed by atoms with van der Waals surface area (Å²) in [7, 11) is 0. The van der Waals surface area contributed by atoms with Gasteiger partial charge in [0.25, 0.3) is 5.92 Å². The molecule has 0 spiro atoms. The zero-order chi connectivity index (χ0) is 12.3. The molecule has 0 heterocycles. The zero-order valence-corrected chi connectivity index (χ0v) is 9.87.